The lowest BCUT2D eigenvalue weighted by atomic mass is 10.1. The molecule has 0 bridgehead atoms. The average Bonchev–Trinajstić information content (AvgIpc) is 2.89. The Labute approximate surface area is 135 Å². The first kappa shape index (κ1) is 16.9. The number of hydrogen-bond acceptors (Lipinski definition) is 8. The van der Waals surface area contributed by atoms with Crippen LogP contribution in [0, 0.1) is 0 Å². The van der Waals surface area contributed by atoms with Crippen molar-refractivity contribution in [1.82, 2.24) is 0 Å². The van der Waals surface area contributed by atoms with Gasteiger partial charge in [-0.1, -0.05) is 0 Å². The molecule has 0 N–H and O–H groups in total. The van der Waals surface area contributed by atoms with Gasteiger partial charge in [-0.15, -0.1) is 11.8 Å². The van der Waals surface area contributed by atoms with Gasteiger partial charge >= 0.3 is 0 Å². The molecule has 3 rings (SSSR count). The van der Waals surface area contributed by atoms with Crippen LogP contribution >= 0.6 is 11.8 Å². The fraction of sp³-hybridized carbons (Fsp3) is 1.00. The van der Waals surface area contributed by atoms with E-state index in [1.54, 1.807) is 25.6 Å². The molecule has 0 amide bonds. The first-order valence-corrected chi connectivity index (χ1v) is 9.97. The van der Waals surface area contributed by atoms with E-state index in [0.29, 0.717) is 5.75 Å². The minimum atomic E-state index is -3.65. The van der Waals surface area contributed by atoms with Crippen molar-refractivity contribution < 1.29 is 31.5 Å². The highest BCUT2D eigenvalue weighted by molar-refractivity contribution is 8.00. The minimum Gasteiger partial charge on any atom is -0.358 e. The van der Waals surface area contributed by atoms with Gasteiger partial charge in [0, 0.05) is 5.75 Å². The van der Waals surface area contributed by atoms with Crippen LogP contribution in [0.1, 0.15) is 27.7 Å². The number of ether oxygens (including phenoxy) is 4. The van der Waals surface area contributed by atoms with Crippen LogP contribution in [-0.4, -0.2) is 61.9 Å². The molecule has 3 aliphatic heterocycles. The molecule has 0 radical (unpaired) electrons. The molecule has 5 atom stereocenters. The lowest BCUT2D eigenvalue weighted by molar-refractivity contribution is -0.226. The Hall–Kier alpha value is 0.1000. The van der Waals surface area contributed by atoms with Crippen molar-refractivity contribution in [3.8, 4) is 0 Å². The molecule has 0 unspecified atom stereocenters. The van der Waals surface area contributed by atoms with Crippen LogP contribution in [0.3, 0.4) is 0 Å². The van der Waals surface area contributed by atoms with Gasteiger partial charge < -0.3 is 18.9 Å². The van der Waals surface area contributed by atoms with Gasteiger partial charge in [-0.2, -0.15) is 8.42 Å². The van der Waals surface area contributed by atoms with Crippen molar-refractivity contribution in [2.45, 2.75) is 69.1 Å². The fourth-order valence-corrected chi connectivity index (χ4v) is 4.63. The van der Waals surface area contributed by atoms with Crippen LogP contribution in [0.4, 0.5) is 0 Å². The van der Waals surface area contributed by atoms with Crippen molar-refractivity contribution in [3.05, 3.63) is 0 Å². The fourth-order valence-electron chi connectivity index (χ4n) is 2.99. The molecular formula is C13H22O7S2. The average molecular weight is 354 g/mol. The van der Waals surface area contributed by atoms with E-state index in [0.717, 1.165) is 6.26 Å². The van der Waals surface area contributed by atoms with Gasteiger partial charge in [-0.05, 0) is 27.7 Å². The highest BCUT2D eigenvalue weighted by Crippen LogP contribution is 2.45. The Morgan fingerprint density at radius 2 is 1.77 bits per heavy atom. The van der Waals surface area contributed by atoms with Gasteiger partial charge in [0.1, 0.15) is 23.2 Å². The molecule has 128 valence electrons. The maximum absolute atomic E-state index is 11.6. The minimum absolute atomic E-state index is 0.271. The highest BCUT2D eigenvalue weighted by atomic mass is 32.2. The van der Waals surface area contributed by atoms with E-state index in [4.69, 9.17) is 23.1 Å². The van der Waals surface area contributed by atoms with Crippen molar-refractivity contribution in [3.63, 3.8) is 0 Å². The molecule has 3 fully saturated rings. The molecule has 0 aromatic carbocycles. The Morgan fingerprint density at radius 3 is 2.32 bits per heavy atom. The summed E-state index contributed by atoms with van der Waals surface area (Å²) < 4.78 is 51.7. The molecule has 0 aromatic rings. The molecule has 3 saturated heterocycles. The molecule has 22 heavy (non-hydrogen) atoms. The van der Waals surface area contributed by atoms with Gasteiger partial charge in [0.25, 0.3) is 10.1 Å². The van der Waals surface area contributed by atoms with E-state index in [1.165, 1.54) is 0 Å². The number of thioether (sulfide) groups is 1. The van der Waals surface area contributed by atoms with Gasteiger partial charge in [-0.25, -0.2) is 0 Å². The summed E-state index contributed by atoms with van der Waals surface area (Å²) in [5.74, 6) is -0.131. The van der Waals surface area contributed by atoms with Crippen LogP contribution in [0.15, 0.2) is 0 Å². The molecule has 9 heteroatoms. The zero-order valence-corrected chi connectivity index (χ0v) is 14.9. The largest absolute Gasteiger partial charge is 0.358 e. The molecule has 0 spiro atoms. The van der Waals surface area contributed by atoms with E-state index >= 15 is 0 Å². The first-order valence-electron chi connectivity index (χ1n) is 7.17. The lowest BCUT2D eigenvalue weighted by Gasteiger charge is -2.28. The standard InChI is InChI=1S/C13H22O7S2/c1-12(2)18-10-9(20-22(5,14)15)8(16-11(10)19-12)7-6-21-13(3,4)17-7/h7-11H,6H2,1-5H3/t7-,8+,9-,10+,11+/m0/s1. The summed E-state index contributed by atoms with van der Waals surface area (Å²) in [7, 11) is -3.65. The maximum atomic E-state index is 11.6. The second-order valence-corrected chi connectivity index (χ2v) is 9.91. The summed E-state index contributed by atoms with van der Waals surface area (Å²) in [5.41, 5.74) is 0. The summed E-state index contributed by atoms with van der Waals surface area (Å²) in [6.45, 7) is 7.45. The van der Waals surface area contributed by atoms with E-state index in [-0.39, 0.29) is 11.0 Å². The predicted molar refractivity (Wildman–Crippen MR) is 79.8 cm³/mol. The van der Waals surface area contributed by atoms with E-state index in [2.05, 4.69) is 0 Å². The first-order chi connectivity index (χ1) is 9.96. The van der Waals surface area contributed by atoms with Crippen LogP contribution in [0.5, 0.6) is 0 Å². The van der Waals surface area contributed by atoms with Gasteiger partial charge in [0.15, 0.2) is 12.1 Å². The van der Waals surface area contributed by atoms with E-state index in [9.17, 15) is 8.42 Å². The number of rotatable bonds is 3. The second kappa shape index (κ2) is 5.30. The maximum Gasteiger partial charge on any atom is 0.264 e. The summed E-state index contributed by atoms with van der Waals surface area (Å²) in [6, 6.07) is 0. The van der Waals surface area contributed by atoms with Crippen LogP contribution in [0.25, 0.3) is 0 Å². The Morgan fingerprint density at radius 1 is 1.09 bits per heavy atom. The SMILES string of the molecule is CC1(C)O[C@H]2O[C@H]([C@@H]3CSC(C)(C)O3)[C@H](OS(C)(=O)=O)[C@H]2O1. The molecule has 0 aromatic heterocycles. The van der Waals surface area contributed by atoms with Crippen LogP contribution < -0.4 is 0 Å². The highest BCUT2D eigenvalue weighted by Gasteiger charge is 2.59. The lowest BCUT2D eigenvalue weighted by Crippen LogP contribution is -2.45. The smallest absolute Gasteiger partial charge is 0.264 e. The molecule has 7 nitrogen and oxygen atoms in total. The van der Waals surface area contributed by atoms with E-state index in [1.807, 2.05) is 13.8 Å². The second-order valence-electron chi connectivity index (χ2n) is 6.70. The third-order valence-electron chi connectivity index (χ3n) is 3.71. The van der Waals surface area contributed by atoms with Crippen molar-refractivity contribution in [2.75, 3.05) is 12.0 Å². The molecule has 3 heterocycles. The van der Waals surface area contributed by atoms with E-state index < -0.39 is 40.5 Å². The quantitative estimate of drug-likeness (QED) is 0.697. The Bertz CT molecular complexity index is 545. The summed E-state index contributed by atoms with van der Waals surface area (Å²) in [4.78, 5) is -0.331. The van der Waals surface area contributed by atoms with Crippen molar-refractivity contribution in [2.24, 2.45) is 0 Å². The predicted octanol–water partition coefficient (Wildman–Crippen LogP) is 1.08. The Kier molecular flexibility index (Phi) is 4.08. The normalized spacial score (nSPS) is 43.4. The number of hydrogen-bond donors (Lipinski definition) is 0. The van der Waals surface area contributed by atoms with Crippen LogP contribution in [0.2, 0.25) is 0 Å². The van der Waals surface area contributed by atoms with Gasteiger partial charge in [0.2, 0.25) is 0 Å². The molecule has 0 saturated carbocycles. The Balaban J connectivity index is 1.81. The third-order valence-corrected chi connectivity index (χ3v) is 5.57. The monoisotopic (exact) mass is 354 g/mol. The number of fused-ring (bicyclic) bond motifs is 1. The zero-order chi connectivity index (χ0) is 16.3. The topological polar surface area (TPSA) is 80.3 Å². The summed E-state index contributed by atoms with van der Waals surface area (Å²) >= 11 is 1.65. The van der Waals surface area contributed by atoms with Crippen molar-refractivity contribution >= 4 is 21.9 Å². The molecule has 3 aliphatic rings. The molecular weight excluding hydrogens is 332 g/mol. The van der Waals surface area contributed by atoms with Crippen molar-refractivity contribution in [1.29, 1.82) is 0 Å². The zero-order valence-electron chi connectivity index (χ0n) is 13.3. The summed E-state index contributed by atoms with van der Waals surface area (Å²) in [6.07, 6.45) is -1.81. The van der Waals surface area contributed by atoms with Gasteiger partial charge in [-0.3, -0.25) is 4.18 Å². The third kappa shape index (κ3) is 3.45. The summed E-state index contributed by atoms with van der Waals surface area (Å²) in [5, 5.41) is 0. The van der Waals surface area contributed by atoms with Crippen LogP contribution in [-0.2, 0) is 33.2 Å². The molecule has 0 aliphatic carbocycles. The van der Waals surface area contributed by atoms with Gasteiger partial charge in [0.05, 0.1) is 12.4 Å².